The van der Waals surface area contributed by atoms with E-state index in [0.29, 0.717) is 11.6 Å². The van der Waals surface area contributed by atoms with Gasteiger partial charge in [-0.1, -0.05) is 0 Å². The highest BCUT2D eigenvalue weighted by atomic mass is 16.1. The van der Waals surface area contributed by atoms with Gasteiger partial charge in [-0.2, -0.15) is 0 Å². The molecule has 0 atom stereocenters. The zero-order chi connectivity index (χ0) is 12.0. The van der Waals surface area contributed by atoms with Crippen molar-refractivity contribution >= 4 is 17.5 Å². The van der Waals surface area contributed by atoms with E-state index >= 15 is 0 Å². The first-order valence-corrected chi connectivity index (χ1v) is 5.85. The number of imidazole rings is 1. The van der Waals surface area contributed by atoms with Gasteiger partial charge in [0.1, 0.15) is 11.5 Å². The number of aldehydes is 1. The van der Waals surface area contributed by atoms with Crippen LogP contribution in [0.2, 0.25) is 0 Å². The van der Waals surface area contributed by atoms with Crippen LogP contribution in [0.5, 0.6) is 0 Å². The number of carbonyl (C=O) groups is 1. The molecule has 0 spiro atoms. The highest BCUT2D eigenvalue weighted by Crippen LogP contribution is 2.40. The standard InChI is InChI=1S/C13H15N3O/c1-15(2)10-5-6-16-12(7-10)11(8-17)14-13(16)9-3-4-9/h5-9H,3-4H2,1-2H3. The van der Waals surface area contributed by atoms with Gasteiger partial charge < -0.3 is 9.30 Å². The molecule has 0 radical (unpaired) electrons. The highest BCUT2D eigenvalue weighted by molar-refractivity contribution is 5.85. The van der Waals surface area contributed by atoms with Crippen molar-refractivity contribution in [1.29, 1.82) is 0 Å². The molecule has 2 aromatic heterocycles. The number of carbonyl (C=O) groups excluding carboxylic acids is 1. The molecule has 0 bridgehead atoms. The Kier molecular flexibility index (Phi) is 2.18. The molecule has 0 saturated heterocycles. The summed E-state index contributed by atoms with van der Waals surface area (Å²) in [4.78, 5) is 17.5. The van der Waals surface area contributed by atoms with Crippen LogP contribution in [0.25, 0.3) is 5.52 Å². The molecule has 4 heteroatoms. The summed E-state index contributed by atoms with van der Waals surface area (Å²) in [5.41, 5.74) is 2.55. The van der Waals surface area contributed by atoms with E-state index in [9.17, 15) is 4.79 Å². The maximum absolute atomic E-state index is 11.1. The van der Waals surface area contributed by atoms with Crippen molar-refractivity contribution in [3.63, 3.8) is 0 Å². The molecular weight excluding hydrogens is 214 g/mol. The average Bonchev–Trinajstić information content (AvgIpc) is 3.10. The molecule has 1 saturated carbocycles. The van der Waals surface area contributed by atoms with Crippen molar-refractivity contribution in [2.45, 2.75) is 18.8 Å². The molecule has 3 rings (SSSR count). The van der Waals surface area contributed by atoms with E-state index in [4.69, 9.17) is 0 Å². The summed E-state index contributed by atoms with van der Waals surface area (Å²) < 4.78 is 2.05. The zero-order valence-corrected chi connectivity index (χ0v) is 10.1. The second-order valence-electron chi connectivity index (χ2n) is 4.78. The van der Waals surface area contributed by atoms with Gasteiger partial charge in [0.2, 0.25) is 0 Å². The first-order valence-electron chi connectivity index (χ1n) is 5.85. The van der Waals surface area contributed by atoms with Crippen LogP contribution in [-0.2, 0) is 0 Å². The quantitative estimate of drug-likeness (QED) is 0.756. The Morgan fingerprint density at radius 1 is 1.47 bits per heavy atom. The van der Waals surface area contributed by atoms with Crippen LogP contribution in [0.1, 0.15) is 35.1 Å². The number of aromatic nitrogens is 2. The van der Waals surface area contributed by atoms with Crippen LogP contribution < -0.4 is 4.90 Å². The molecule has 2 aromatic rings. The lowest BCUT2D eigenvalue weighted by Gasteiger charge is -2.12. The molecular formula is C13H15N3O. The molecule has 0 N–H and O–H groups in total. The molecule has 1 fully saturated rings. The van der Waals surface area contributed by atoms with Crippen LogP contribution in [-0.4, -0.2) is 29.8 Å². The lowest BCUT2D eigenvalue weighted by Crippen LogP contribution is -2.08. The lowest BCUT2D eigenvalue weighted by atomic mass is 10.3. The third-order valence-corrected chi connectivity index (χ3v) is 3.25. The number of nitrogens with zero attached hydrogens (tertiary/aromatic N) is 3. The Balaban J connectivity index is 2.23. The van der Waals surface area contributed by atoms with E-state index in [1.54, 1.807) is 0 Å². The molecule has 0 amide bonds. The second-order valence-corrected chi connectivity index (χ2v) is 4.78. The number of hydrogen-bond donors (Lipinski definition) is 0. The van der Waals surface area contributed by atoms with Crippen LogP contribution in [0, 0.1) is 0 Å². The Labute approximate surface area is 99.9 Å². The number of fused-ring (bicyclic) bond motifs is 1. The Morgan fingerprint density at radius 2 is 2.24 bits per heavy atom. The van der Waals surface area contributed by atoms with Crippen molar-refractivity contribution in [1.82, 2.24) is 9.38 Å². The van der Waals surface area contributed by atoms with E-state index in [-0.39, 0.29) is 0 Å². The molecule has 4 nitrogen and oxygen atoms in total. The van der Waals surface area contributed by atoms with E-state index in [1.165, 1.54) is 12.8 Å². The first-order chi connectivity index (χ1) is 8.20. The Bertz CT molecular complexity index is 582. The molecule has 17 heavy (non-hydrogen) atoms. The van der Waals surface area contributed by atoms with Gasteiger partial charge in [0.15, 0.2) is 6.29 Å². The monoisotopic (exact) mass is 229 g/mol. The first kappa shape index (κ1) is 10.3. The Morgan fingerprint density at radius 3 is 2.82 bits per heavy atom. The topological polar surface area (TPSA) is 37.6 Å². The lowest BCUT2D eigenvalue weighted by molar-refractivity contribution is 0.112. The predicted octanol–water partition coefficient (Wildman–Crippen LogP) is 2.09. The molecule has 0 aliphatic heterocycles. The SMILES string of the molecule is CN(C)c1ccn2c(C3CC3)nc(C=O)c2c1. The minimum atomic E-state index is 0.543. The number of hydrogen-bond acceptors (Lipinski definition) is 3. The minimum absolute atomic E-state index is 0.543. The van der Waals surface area contributed by atoms with Crippen LogP contribution >= 0.6 is 0 Å². The summed E-state index contributed by atoms with van der Waals surface area (Å²) in [6.45, 7) is 0. The summed E-state index contributed by atoms with van der Waals surface area (Å²) in [7, 11) is 3.98. The zero-order valence-electron chi connectivity index (χ0n) is 10.1. The number of pyridine rings is 1. The molecule has 2 heterocycles. The van der Waals surface area contributed by atoms with Gasteiger partial charge in [-0.15, -0.1) is 0 Å². The molecule has 1 aliphatic rings. The van der Waals surface area contributed by atoms with Crippen LogP contribution in [0.4, 0.5) is 5.69 Å². The van der Waals surface area contributed by atoms with E-state index in [2.05, 4.69) is 15.5 Å². The summed E-state index contributed by atoms with van der Waals surface area (Å²) in [6, 6.07) is 4.07. The fraction of sp³-hybridized carbons (Fsp3) is 0.385. The number of anilines is 1. The van der Waals surface area contributed by atoms with Gasteiger partial charge in [-0.05, 0) is 25.0 Å². The Hall–Kier alpha value is -1.84. The fourth-order valence-electron chi connectivity index (χ4n) is 2.12. The van der Waals surface area contributed by atoms with E-state index in [1.807, 2.05) is 31.3 Å². The van der Waals surface area contributed by atoms with Crippen molar-refractivity contribution in [3.8, 4) is 0 Å². The van der Waals surface area contributed by atoms with Crippen LogP contribution in [0.15, 0.2) is 18.3 Å². The predicted molar refractivity (Wildman–Crippen MR) is 66.9 cm³/mol. The molecule has 0 aromatic carbocycles. The minimum Gasteiger partial charge on any atom is -0.378 e. The molecule has 1 aliphatic carbocycles. The largest absolute Gasteiger partial charge is 0.378 e. The van der Waals surface area contributed by atoms with Gasteiger partial charge in [0, 0.05) is 31.9 Å². The van der Waals surface area contributed by atoms with Crippen molar-refractivity contribution < 1.29 is 4.79 Å². The number of rotatable bonds is 3. The smallest absolute Gasteiger partial charge is 0.170 e. The second kappa shape index (κ2) is 3.58. The summed E-state index contributed by atoms with van der Waals surface area (Å²) >= 11 is 0. The maximum Gasteiger partial charge on any atom is 0.170 e. The molecule has 88 valence electrons. The molecule has 0 unspecified atom stereocenters. The van der Waals surface area contributed by atoms with Gasteiger partial charge in [0.25, 0.3) is 0 Å². The van der Waals surface area contributed by atoms with E-state index in [0.717, 1.165) is 23.3 Å². The summed E-state index contributed by atoms with van der Waals surface area (Å²) in [5.74, 6) is 1.58. The third kappa shape index (κ3) is 1.60. The van der Waals surface area contributed by atoms with Crippen molar-refractivity contribution in [2.24, 2.45) is 0 Å². The summed E-state index contributed by atoms with van der Waals surface area (Å²) in [5, 5.41) is 0. The maximum atomic E-state index is 11.1. The normalized spacial score (nSPS) is 15.2. The third-order valence-electron chi connectivity index (χ3n) is 3.25. The van der Waals surface area contributed by atoms with Gasteiger partial charge in [-0.25, -0.2) is 4.98 Å². The van der Waals surface area contributed by atoms with Crippen LogP contribution in [0.3, 0.4) is 0 Å². The van der Waals surface area contributed by atoms with Gasteiger partial charge in [-0.3, -0.25) is 4.79 Å². The van der Waals surface area contributed by atoms with E-state index < -0.39 is 0 Å². The van der Waals surface area contributed by atoms with Crippen molar-refractivity contribution in [3.05, 3.63) is 29.8 Å². The fourth-order valence-corrected chi connectivity index (χ4v) is 2.12. The summed E-state index contributed by atoms with van der Waals surface area (Å²) in [6.07, 6.45) is 5.23. The van der Waals surface area contributed by atoms with Crippen molar-refractivity contribution in [2.75, 3.05) is 19.0 Å². The average molecular weight is 229 g/mol. The van der Waals surface area contributed by atoms with Gasteiger partial charge in [0.05, 0.1) is 5.52 Å². The highest BCUT2D eigenvalue weighted by Gasteiger charge is 2.29. The van der Waals surface area contributed by atoms with Gasteiger partial charge >= 0.3 is 0 Å².